The molecule has 0 heterocycles. The minimum absolute atomic E-state index is 0.228. The van der Waals surface area contributed by atoms with Gasteiger partial charge in [-0.15, -0.1) is 0 Å². The summed E-state index contributed by atoms with van der Waals surface area (Å²) in [5, 5.41) is 20.6. The Morgan fingerprint density at radius 2 is 1.93 bits per heavy atom. The molecule has 0 fully saturated rings. The van der Waals surface area contributed by atoms with Crippen LogP contribution in [-0.2, 0) is 9.59 Å². The Labute approximate surface area is 79.2 Å². The van der Waals surface area contributed by atoms with Crippen LogP contribution < -0.4 is 16.1 Å². The highest BCUT2D eigenvalue weighted by Gasteiger charge is 2.19. The molecule has 0 bridgehead atoms. The Balaban J connectivity index is 4.17. The van der Waals surface area contributed by atoms with Crippen molar-refractivity contribution in [3.05, 3.63) is 0 Å². The Kier molecular flexibility index (Phi) is 5.00. The number of carbonyl (C=O) groups is 3. The van der Waals surface area contributed by atoms with Gasteiger partial charge in [0.25, 0.3) is 5.91 Å². The average molecular weight is 205 g/mol. The summed E-state index contributed by atoms with van der Waals surface area (Å²) >= 11 is 0. The molecule has 0 aromatic rings. The Hall–Kier alpha value is -1.83. The molecular formula is C6H11N3O5. The summed E-state index contributed by atoms with van der Waals surface area (Å²) in [5.74, 6) is -1.35. The summed E-state index contributed by atoms with van der Waals surface area (Å²) in [7, 11) is 0. The van der Waals surface area contributed by atoms with Gasteiger partial charge in [-0.2, -0.15) is 0 Å². The fourth-order valence-electron chi connectivity index (χ4n) is 0.682. The van der Waals surface area contributed by atoms with Gasteiger partial charge in [-0.25, -0.2) is 10.3 Å². The van der Waals surface area contributed by atoms with Crippen LogP contribution in [0.5, 0.6) is 0 Å². The fraction of sp³-hybridized carbons (Fsp3) is 0.500. The van der Waals surface area contributed by atoms with E-state index in [4.69, 9.17) is 10.3 Å². The first-order valence-corrected chi connectivity index (χ1v) is 3.65. The largest absolute Gasteiger partial charge is 0.465 e. The molecule has 8 nitrogen and oxygen atoms in total. The smallest absolute Gasteiger partial charge is 0.405 e. The topological polar surface area (TPSA) is 128 Å². The molecule has 0 aliphatic carbocycles. The standard InChI is InChI=1S/C6H11N3O5/c1-3(10)7-2-4(5(11)9-14)8-6(12)13/h4,8,14H,2H2,1H3,(H,7,10)(H,9,11)(H,12,13). The molecule has 0 aromatic carbocycles. The van der Waals surface area contributed by atoms with E-state index >= 15 is 0 Å². The van der Waals surface area contributed by atoms with E-state index < -0.39 is 23.9 Å². The second-order valence-electron chi connectivity index (χ2n) is 2.42. The zero-order chi connectivity index (χ0) is 11.1. The number of hydrogen-bond acceptors (Lipinski definition) is 4. The molecule has 0 saturated carbocycles. The second kappa shape index (κ2) is 5.75. The predicted octanol–water partition coefficient (Wildman–Crippen LogP) is -1.74. The maximum atomic E-state index is 10.8. The molecule has 1 unspecified atom stereocenters. The number of amides is 3. The van der Waals surface area contributed by atoms with Crippen LogP contribution in [0.25, 0.3) is 0 Å². The highest BCUT2D eigenvalue weighted by atomic mass is 16.5. The summed E-state index contributed by atoms with van der Waals surface area (Å²) in [6, 6.07) is -1.22. The molecular weight excluding hydrogens is 194 g/mol. The summed E-state index contributed by atoms with van der Waals surface area (Å²) in [4.78, 5) is 31.5. The maximum absolute atomic E-state index is 10.8. The van der Waals surface area contributed by atoms with Crippen molar-refractivity contribution in [2.75, 3.05) is 6.54 Å². The molecule has 0 radical (unpaired) electrons. The Morgan fingerprint density at radius 1 is 1.36 bits per heavy atom. The van der Waals surface area contributed by atoms with Crippen LogP contribution in [0.15, 0.2) is 0 Å². The molecule has 0 aliphatic heterocycles. The zero-order valence-corrected chi connectivity index (χ0v) is 7.40. The van der Waals surface area contributed by atoms with Gasteiger partial charge < -0.3 is 15.7 Å². The van der Waals surface area contributed by atoms with Crippen LogP contribution in [0.2, 0.25) is 0 Å². The number of nitrogens with one attached hydrogen (secondary N) is 3. The molecule has 0 spiro atoms. The average Bonchev–Trinajstić information content (AvgIpc) is 2.10. The van der Waals surface area contributed by atoms with Gasteiger partial charge in [-0.05, 0) is 0 Å². The van der Waals surface area contributed by atoms with Crippen molar-refractivity contribution in [2.24, 2.45) is 0 Å². The highest BCUT2D eigenvalue weighted by molar-refractivity contribution is 5.85. The number of carbonyl (C=O) groups excluding carboxylic acids is 2. The van der Waals surface area contributed by atoms with Gasteiger partial charge >= 0.3 is 6.09 Å². The lowest BCUT2D eigenvalue weighted by Crippen LogP contribution is -2.51. The lowest BCUT2D eigenvalue weighted by atomic mass is 10.3. The van der Waals surface area contributed by atoms with E-state index in [0.29, 0.717) is 0 Å². The first-order valence-electron chi connectivity index (χ1n) is 3.65. The summed E-state index contributed by atoms with van der Waals surface area (Å²) < 4.78 is 0. The quantitative estimate of drug-likeness (QED) is 0.275. The van der Waals surface area contributed by atoms with Crippen molar-refractivity contribution in [2.45, 2.75) is 13.0 Å². The van der Waals surface area contributed by atoms with Crippen LogP contribution in [0.1, 0.15) is 6.92 Å². The van der Waals surface area contributed by atoms with Gasteiger partial charge in [0, 0.05) is 13.5 Å². The molecule has 80 valence electrons. The Morgan fingerprint density at radius 3 is 2.29 bits per heavy atom. The van der Waals surface area contributed by atoms with Crippen molar-refractivity contribution in [1.82, 2.24) is 16.1 Å². The maximum Gasteiger partial charge on any atom is 0.405 e. The third kappa shape index (κ3) is 4.93. The van der Waals surface area contributed by atoms with Gasteiger partial charge in [0.2, 0.25) is 5.91 Å². The Bertz CT molecular complexity index is 242. The molecule has 1 atom stereocenters. The van der Waals surface area contributed by atoms with E-state index in [-0.39, 0.29) is 6.54 Å². The van der Waals surface area contributed by atoms with Crippen LogP contribution in [0, 0.1) is 0 Å². The van der Waals surface area contributed by atoms with Gasteiger partial charge in [-0.3, -0.25) is 14.8 Å². The van der Waals surface area contributed by atoms with E-state index in [9.17, 15) is 14.4 Å². The third-order valence-electron chi connectivity index (χ3n) is 1.28. The van der Waals surface area contributed by atoms with Crippen LogP contribution >= 0.6 is 0 Å². The first-order chi connectivity index (χ1) is 6.47. The van der Waals surface area contributed by atoms with E-state index in [2.05, 4.69) is 5.32 Å². The van der Waals surface area contributed by atoms with Crippen LogP contribution in [-0.4, -0.2) is 40.8 Å². The molecule has 3 amide bonds. The third-order valence-corrected chi connectivity index (χ3v) is 1.28. The van der Waals surface area contributed by atoms with E-state index in [0.717, 1.165) is 0 Å². The van der Waals surface area contributed by atoms with Crippen LogP contribution in [0.4, 0.5) is 4.79 Å². The van der Waals surface area contributed by atoms with Crippen molar-refractivity contribution in [3.63, 3.8) is 0 Å². The molecule has 14 heavy (non-hydrogen) atoms. The summed E-state index contributed by atoms with van der Waals surface area (Å²) in [6.45, 7) is 0.989. The van der Waals surface area contributed by atoms with Crippen molar-refractivity contribution >= 4 is 17.9 Å². The van der Waals surface area contributed by atoms with Gasteiger partial charge in [-0.1, -0.05) is 0 Å². The van der Waals surface area contributed by atoms with Gasteiger partial charge in [0.15, 0.2) is 0 Å². The number of carboxylic acid groups (broad SMARTS) is 1. The zero-order valence-electron chi connectivity index (χ0n) is 7.40. The molecule has 0 aliphatic rings. The predicted molar refractivity (Wildman–Crippen MR) is 43.6 cm³/mol. The fourth-order valence-corrected chi connectivity index (χ4v) is 0.682. The van der Waals surface area contributed by atoms with Crippen molar-refractivity contribution < 1.29 is 24.7 Å². The molecule has 5 N–H and O–H groups in total. The van der Waals surface area contributed by atoms with E-state index in [1.807, 2.05) is 5.32 Å². The normalized spacial score (nSPS) is 11.3. The minimum Gasteiger partial charge on any atom is -0.465 e. The lowest BCUT2D eigenvalue weighted by molar-refractivity contribution is -0.131. The SMILES string of the molecule is CC(=O)NCC(NC(=O)O)C(=O)NO. The lowest BCUT2D eigenvalue weighted by Gasteiger charge is -2.14. The number of rotatable bonds is 4. The van der Waals surface area contributed by atoms with Gasteiger partial charge in [0.05, 0.1) is 0 Å². The molecule has 0 saturated heterocycles. The number of hydrogen-bond donors (Lipinski definition) is 5. The van der Waals surface area contributed by atoms with Crippen molar-refractivity contribution in [1.29, 1.82) is 0 Å². The first kappa shape index (κ1) is 12.2. The van der Waals surface area contributed by atoms with Crippen LogP contribution in [0.3, 0.4) is 0 Å². The van der Waals surface area contributed by atoms with Gasteiger partial charge in [0.1, 0.15) is 6.04 Å². The minimum atomic E-state index is -1.43. The highest BCUT2D eigenvalue weighted by Crippen LogP contribution is 1.82. The summed E-state index contributed by atoms with van der Waals surface area (Å²) in [6.07, 6.45) is -1.43. The van der Waals surface area contributed by atoms with Crippen molar-refractivity contribution in [3.8, 4) is 0 Å². The molecule has 8 heteroatoms. The molecule has 0 rings (SSSR count). The van der Waals surface area contributed by atoms with E-state index in [1.165, 1.54) is 12.4 Å². The number of hydroxylamine groups is 1. The monoisotopic (exact) mass is 205 g/mol. The summed E-state index contributed by atoms with van der Waals surface area (Å²) in [5.41, 5.74) is 1.28. The van der Waals surface area contributed by atoms with E-state index in [1.54, 1.807) is 0 Å². The second-order valence-corrected chi connectivity index (χ2v) is 2.42. The molecule has 0 aromatic heterocycles.